The molecule has 0 saturated carbocycles. The smallest absolute Gasteiger partial charge is 0.295 e. The molecule has 4 aromatic rings. The SMILES string of the molecule is O=C(c1cc2ccccc2o1)N(CCCN1CCOCC1)c1nc2ccc(Br)cc2s1. The number of hydrogen-bond acceptors (Lipinski definition) is 6. The molecule has 1 amide bonds. The molecule has 1 fully saturated rings. The van der Waals surface area contributed by atoms with Crippen LogP contribution >= 0.6 is 27.3 Å². The van der Waals surface area contributed by atoms with E-state index < -0.39 is 0 Å². The topological polar surface area (TPSA) is 58.8 Å². The third kappa shape index (κ3) is 4.52. The number of para-hydroxylation sites is 1. The highest BCUT2D eigenvalue weighted by Crippen LogP contribution is 2.32. The summed E-state index contributed by atoms with van der Waals surface area (Å²) in [5, 5.41) is 1.62. The average molecular weight is 500 g/mol. The van der Waals surface area contributed by atoms with Crippen LogP contribution < -0.4 is 4.90 Å². The van der Waals surface area contributed by atoms with E-state index in [0.717, 1.165) is 59.3 Å². The van der Waals surface area contributed by atoms with Crippen LogP contribution in [0.25, 0.3) is 21.2 Å². The maximum atomic E-state index is 13.5. The van der Waals surface area contributed by atoms with Gasteiger partial charge in [0, 0.05) is 36.0 Å². The molecule has 1 aliphatic rings. The quantitative estimate of drug-likeness (QED) is 0.366. The Hall–Kier alpha value is -2.26. The minimum Gasteiger partial charge on any atom is -0.451 e. The number of amides is 1. The average Bonchev–Trinajstić information content (AvgIpc) is 3.40. The highest BCUT2D eigenvalue weighted by atomic mass is 79.9. The fraction of sp³-hybridized carbons (Fsp3) is 0.304. The first-order valence-corrected chi connectivity index (χ1v) is 11.9. The van der Waals surface area contributed by atoms with Crippen LogP contribution in [0.3, 0.4) is 0 Å². The molecule has 5 rings (SSSR count). The number of carbonyl (C=O) groups excluding carboxylic acids is 1. The van der Waals surface area contributed by atoms with Gasteiger partial charge in [0.05, 0.1) is 23.4 Å². The van der Waals surface area contributed by atoms with Gasteiger partial charge in [-0.05, 0) is 36.8 Å². The van der Waals surface area contributed by atoms with E-state index in [2.05, 4.69) is 20.8 Å². The van der Waals surface area contributed by atoms with Gasteiger partial charge < -0.3 is 9.15 Å². The van der Waals surface area contributed by atoms with Crippen LogP contribution in [0.15, 0.2) is 57.4 Å². The highest BCUT2D eigenvalue weighted by Gasteiger charge is 2.24. The molecule has 160 valence electrons. The second kappa shape index (κ2) is 9.08. The molecule has 6 nitrogen and oxygen atoms in total. The van der Waals surface area contributed by atoms with Gasteiger partial charge in [0.15, 0.2) is 10.9 Å². The Balaban J connectivity index is 1.42. The zero-order chi connectivity index (χ0) is 21.2. The largest absolute Gasteiger partial charge is 0.451 e. The maximum Gasteiger partial charge on any atom is 0.295 e. The molecule has 2 aromatic heterocycles. The molecule has 0 radical (unpaired) electrons. The van der Waals surface area contributed by atoms with Crippen molar-refractivity contribution in [3.05, 3.63) is 58.8 Å². The number of anilines is 1. The Morgan fingerprint density at radius 1 is 1.16 bits per heavy atom. The van der Waals surface area contributed by atoms with Gasteiger partial charge in [-0.15, -0.1) is 0 Å². The van der Waals surface area contributed by atoms with Crippen molar-refractivity contribution in [3.63, 3.8) is 0 Å². The number of fused-ring (bicyclic) bond motifs is 2. The summed E-state index contributed by atoms with van der Waals surface area (Å²) in [5.74, 6) is 0.185. The van der Waals surface area contributed by atoms with Crippen LogP contribution in [0.4, 0.5) is 5.13 Å². The number of rotatable bonds is 6. The summed E-state index contributed by atoms with van der Waals surface area (Å²) in [4.78, 5) is 22.4. The minimum atomic E-state index is -0.156. The molecule has 0 spiro atoms. The summed E-state index contributed by atoms with van der Waals surface area (Å²) >= 11 is 5.04. The van der Waals surface area contributed by atoms with Crippen LogP contribution in [-0.2, 0) is 4.74 Å². The van der Waals surface area contributed by atoms with Gasteiger partial charge >= 0.3 is 0 Å². The number of thiazole rings is 1. The van der Waals surface area contributed by atoms with E-state index in [9.17, 15) is 4.79 Å². The summed E-state index contributed by atoms with van der Waals surface area (Å²) in [5.41, 5.74) is 1.60. The summed E-state index contributed by atoms with van der Waals surface area (Å²) < 4.78 is 13.3. The second-order valence-electron chi connectivity index (χ2n) is 7.52. The Labute approximate surface area is 192 Å². The predicted octanol–water partition coefficient (Wildman–Crippen LogP) is 5.17. The number of nitrogens with zero attached hydrogens (tertiary/aromatic N) is 3. The molecular weight excluding hydrogens is 478 g/mol. The Morgan fingerprint density at radius 2 is 2.00 bits per heavy atom. The van der Waals surface area contributed by atoms with Gasteiger partial charge in [-0.1, -0.05) is 45.5 Å². The maximum absolute atomic E-state index is 13.5. The molecule has 1 aliphatic heterocycles. The van der Waals surface area contributed by atoms with Crippen LogP contribution in [0.2, 0.25) is 0 Å². The lowest BCUT2D eigenvalue weighted by Gasteiger charge is -2.27. The van der Waals surface area contributed by atoms with Crippen molar-refractivity contribution in [2.75, 3.05) is 44.3 Å². The van der Waals surface area contributed by atoms with E-state index in [-0.39, 0.29) is 5.91 Å². The monoisotopic (exact) mass is 499 g/mol. The van der Waals surface area contributed by atoms with Crippen LogP contribution in [0.5, 0.6) is 0 Å². The number of benzene rings is 2. The molecule has 0 N–H and O–H groups in total. The van der Waals surface area contributed by atoms with Crippen molar-refractivity contribution >= 4 is 59.5 Å². The predicted molar refractivity (Wildman–Crippen MR) is 127 cm³/mol. The van der Waals surface area contributed by atoms with Gasteiger partial charge in [0.2, 0.25) is 0 Å². The molecule has 3 heterocycles. The first kappa shape index (κ1) is 20.6. The summed E-state index contributed by atoms with van der Waals surface area (Å²) in [6, 6.07) is 15.5. The zero-order valence-corrected chi connectivity index (χ0v) is 19.3. The number of carbonyl (C=O) groups is 1. The van der Waals surface area contributed by atoms with E-state index in [1.807, 2.05) is 48.5 Å². The lowest BCUT2D eigenvalue weighted by molar-refractivity contribution is 0.0376. The third-order valence-corrected chi connectivity index (χ3v) is 6.95. The van der Waals surface area contributed by atoms with E-state index in [1.165, 1.54) is 11.3 Å². The number of halogens is 1. The Bertz CT molecular complexity index is 1180. The number of morpholine rings is 1. The number of hydrogen-bond donors (Lipinski definition) is 0. The van der Waals surface area contributed by atoms with Gasteiger partial charge in [-0.25, -0.2) is 4.98 Å². The molecule has 0 atom stereocenters. The number of ether oxygens (including phenoxy) is 1. The fourth-order valence-electron chi connectivity index (χ4n) is 3.78. The van der Waals surface area contributed by atoms with Gasteiger partial charge in [0.1, 0.15) is 5.58 Å². The van der Waals surface area contributed by atoms with Crippen molar-refractivity contribution < 1.29 is 13.9 Å². The van der Waals surface area contributed by atoms with Crippen LogP contribution in [-0.4, -0.2) is 55.2 Å². The van der Waals surface area contributed by atoms with Crippen molar-refractivity contribution in [1.82, 2.24) is 9.88 Å². The lowest BCUT2D eigenvalue weighted by Crippen LogP contribution is -2.39. The summed E-state index contributed by atoms with van der Waals surface area (Å²) in [6.07, 6.45) is 0.853. The molecule has 2 aromatic carbocycles. The van der Waals surface area contributed by atoms with E-state index in [1.54, 1.807) is 4.90 Å². The molecule has 31 heavy (non-hydrogen) atoms. The van der Waals surface area contributed by atoms with Gasteiger partial charge in [0.25, 0.3) is 5.91 Å². The second-order valence-corrected chi connectivity index (χ2v) is 9.45. The molecule has 8 heteroatoms. The molecular formula is C23H22BrN3O3S. The van der Waals surface area contributed by atoms with Gasteiger partial charge in [-0.3, -0.25) is 14.6 Å². The first-order chi connectivity index (χ1) is 15.2. The number of aromatic nitrogens is 1. The molecule has 0 bridgehead atoms. The van der Waals surface area contributed by atoms with Crippen LogP contribution in [0, 0.1) is 0 Å². The van der Waals surface area contributed by atoms with E-state index >= 15 is 0 Å². The molecule has 0 unspecified atom stereocenters. The van der Waals surface area contributed by atoms with Crippen molar-refractivity contribution in [3.8, 4) is 0 Å². The fourth-order valence-corrected chi connectivity index (χ4v) is 5.33. The first-order valence-electron chi connectivity index (χ1n) is 10.3. The summed E-state index contributed by atoms with van der Waals surface area (Å²) in [7, 11) is 0. The minimum absolute atomic E-state index is 0.156. The molecule has 0 aliphatic carbocycles. The third-order valence-electron chi connectivity index (χ3n) is 5.41. The Morgan fingerprint density at radius 3 is 2.84 bits per heavy atom. The molecule has 1 saturated heterocycles. The standard InChI is InChI=1S/C23H22BrN3O3S/c24-17-6-7-18-21(15-17)31-23(25-18)27(9-3-8-26-10-12-29-13-11-26)22(28)20-14-16-4-1-2-5-19(16)30-20/h1-2,4-7,14-15H,3,8-13H2. The van der Waals surface area contributed by atoms with Gasteiger partial charge in [-0.2, -0.15) is 0 Å². The van der Waals surface area contributed by atoms with E-state index in [0.29, 0.717) is 23.0 Å². The zero-order valence-electron chi connectivity index (χ0n) is 16.9. The van der Waals surface area contributed by atoms with Crippen LogP contribution in [0.1, 0.15) is 17.0 Å². The van der Waals surface area contributed by atoms with Crippen molar-refractivity contribution in [2.24, 2.45) is 0 Å². The normalized spacial score (nSPS) is 15.0. The van der Waals surface area contributed by atoms with Crippen molar-refractivity contribution in [1.29, 1.82) is 0 Å². The van der Waals surface area contributed by atoms with Crippen molar-refractivity contribution in [2.45, 2.75) is 6.42 Å². The Kier molecular flexibility index (Phi) is 6.04. The highest BCUT2D eigenvalue weighted by molar-refractivity contribution is 9.10. The van der Waals surface area contributed by atoms with E-state index in [4.69, 9.17) is 14.1 Å². The lowest BCUT2D eigenvalue weighted by atomic mass is 10.2. The summed E-state index contributed by atoms with van der Waals surface area (Å²) in [6.45, 7) is 4.92. The number of furan rings is 1.